The van der Waals surface area contributed by atoms with Gasteiger partial charge in [0.05, 0.1) is 55.1 Å². The van der Waals surface area contributed by atoms with E-state index in [1.54, 1.807) is 19.2 Å². The summed E-state index contributed by atoms with van der Waals surface area (Å²) in [5.41, 5.74) is 2.06. The molecule has 1 fully saturated rings. The normalized spacial score (nSPS) is 15.9. The Kier molecular flexibility index (Phi) is 7.05. The molecule has 1 aliphatic heterocycles. The standard InChI is InChI=1S/C21H25Cl2N3O2/c1-15(16-7-8-17(22)18(23)13-16)24-21(27)14-25-9-11-26(12-10-25)19-5-3-4-6-20(19)28-2/h3-8,13,15H,9-12,14H2,1-2H3,(H,24,27)/p+1/t15-/m1/s1. The largest absolute Gasteiger partial charge is 0.495 e. The van der Waals surface area contributed by atoms with Crippen LogP contribution in [0.5, 0.6) is 5.75 Å². The Bertz CT molecular complexity index is 823. The number of nitrogens with one attached hydrogen (secondary N) is 2. The number of carbonyl (C=O) groups excluding carboxylic acids is 1. The van der Waals surface area contributed by atoms with Crippen LogP contribution in [0.25, 0.3) is 0 Å². The highest BCUT2D eigenvalue weighted by Crippen LogP contribution is 2.27. The van der Waals surface area contributed by atoms with Crippen LogP contribution in [0, 0.1) is 0 Å². The molecule has 2 aromatic carbocycles. The average Bonchev–Trinajstić information content (AvgIpc) is 2.70. The number of benzene rings is 2. The van der Waals surface area contributed by atoms with E-state index in [1.807, 2.05) is 31.2 Å². The molecule has 0 spiro atoms. The van der Waals surface area contributed by atoms with E-state index in [2.05, 4.69) is 16.3 Å². The lowest BCUT2D eigenvalue weighted by molar-refractivity contribution is -0.892. The Morgan fingerprint density at radius 3 is 2.57 bits per heavy atom. The number of ether oxygens (including phenoxy) is 1. The highest BCUT2D eigenvalue weighted by atomic mass is 35.5. The van der Waals surface area contributed by atoms with Gasteiger partial charge in [-0.2, -0.15) is 0 Å². The van der Waals surface area contributed by atoms with Crippen molar-refractivity contribution in [1.29, 1.82) is 0 Å². The van der Waals surface area contributed by atoms with E-state index in [4.69, 9.17) is 27.9 Å². The predicted octanol–water partition coefficient (Wildman–Crippen LogP) is 2.58. The van der Waals surface area contributed by atoms with Crippen molar-refractivity contribution in [3.63, 3.8) is 0 Å². The van der Waals surface area contributed by atoms with E-state index in [1.165, 1.54) is 4.90 Å². The van der Waals surface area contributed by atoms with Crippen LogP contribution in [0.4, 0.5) is 5.69 Å². The third kappa shape index (κ3) is 5.10. The topological polar surface area (TPSA) is 46.0 Å². The van der Waals surface area contributed by atoms with Gasteiger partial charge in [0.2, 0.25) is 0 Å². The number of rotatable bonds is 6. The van der Waals surface area contributed by atoms with Crippen molar-refractivity contribution < 1.29 is 14.4 Å². The average molecular weight is 423 g/mol. The number of carbonyl (C=O) groups is 1. The summed E-state index contributed by atoms with van der Waals surface area (Å²) in [4.78, 5) is 16.1. The van der Waals surface area contributed by atoms with E-state index in [0.29, 0.717) is 16.6 Å². The number of anilines is 1. The molecule has 0 bridgehead atoms. The Hall–Kier alpha value is -1.95. The molecular formula is C21H26Cl2N3O2+. The fourth-order valence-corrected chi connectivity index (χ4v) is 3.82. The first-order chi connectivity index (χ1) is 13.5. The summed E-state index contributed by atoms with van der Waals surface area (Å²) in [6.07, 6.45) is 0. The Morgan fingerprint density at radius 2 is 1.89 bits per heavy atom. The first-order valence-corrected chi connectivity index (χ1v) is 10.2. The molecule has 1 heterocycles. The molecule has 5 nitrogen and oxygen atoms in total. The van der Waals surface area contributed by atoms with E-state index >= 15 is 0 Å². The fourth-order valence-electron chi connectivity index (χ4n) is 3.52. The van der Waals surface area contributed by atoms with Gasteiger partial charge in [0.1, 0.15) is 5.75 Å². The SMILES string of the molecule is COc1ccccc1N1CC[NH+](CC(=O)N[C@H](C)c2ccc(Cl)c(Cl)c2)CC1. The van der Waals surface area contributed by atoms with Gasteiger partial charge in [-0.25, -0.2) is 0 Å². The van der Waals surface area contributed by atoms with Gasteiger partial charge < -0.3 is 19.9 Å². The zero-order valence-corrected chi connectivity index (χ0v) is 17.7. The number of para-hydroxylation sites is 2. The molecule has 1 saturated heterocycles. The summed E-state index contributed by atoms with van der Waals surface area (Å²) in [6, 6.07) is 13.4. The Labute approximate surface area is 176 Å². The van der Waals surface area contributed by atoms with Gasteiger partial charge in [0.25, 0.3) is 5.91 Å². The zero-order valence-electron chi connectivity index (χ0n) is 16.2. The number of hydrogen-bond donors (Lipinski definition) is 2. The molecule has 0 unspecified atom stereocenters. The van der Waals surface area contributed by atoms with Crippen LogP contribution in [0.3, 0.4) is 0 Å². The second-order valence-electron chi connectivity index (χ2n) is 7.05. The molecular weight excluding hydrogens is 397 g/mol. The molecule has 1 aliphatic rings. The molecule has 3 rings (SSSR count). The number of methoxy groups -OCH3 is 1. The van der Waals surface area contributed by atoms with E-state index in [-0.39, 0.29) is 11.9 Å². The minimum absolute atomic E-state index is 0.0410. The number of quaternary nitrogens is 1. The van der Waals surface area contributed by atoms with Gasteiger partial charge in [-0.15, -0.1) is 0 Å². The van der Waals surface area contributed by atoms with E-state index in [9.17, 15) is 4.79 Å². The molecule has 7 heteroatoms. The number of hydrogen-bond acceptors (Lipinski definition) is 3. The lowest BCUT2D eigenvalue weighted by Gasteiger charge is -2.34. The molecule has 0 radical (unpaired) electrons. The molecule has 2 N–H and O–H groups in total. The molecule has 1 atom stereocenters. The highest BCUT2D eigenvalue weighted by molar-refractivity contribution is 6.42. The Morgan fingerprint density at radius 1 is 1.18 bits per heavy atom. The number of piperazine rings is 1. The van der Waals surface area contributed by atoms with Crippen LogP contribution < -0.4 is 19.9 Å². The minimum Gasteiger partial charge on any atom is -0.495 e. The van der Waals surface area contributed by atoms with Gasteiger partial charge in [0.15, 0.2) is 6.54 Å². The van der Waals surface area contributed by atoms with E-state index in [0.717, 1.165) is 43.2 Å². The summed E-state index contributed by atoms with van der Waals surface area (Å²) < 4.78 is 5.46. The maximum absolute atomic E-state index is 12.5. The van der Waals surface area contributed by atoms with Crippen molar-refractivity contribution in [3.05, 3.63) is 58.1 Å². The maximum Gasteiger partial charge on any atom is 0.275 e. The molecule has 150 valence electrons. The van der Waals surface area contributed by atoms with Crippen LogP contribution in [-0.4, -0.2) is 45.7 Å². The molecule has 2 aromatic rings. The van der Waals surface area contributed by atoms with Crippen molar-refractivity contribution >= 4 is 34.8 Å². The van der Waals surface area contributed by atoms with Crippen molar-refractivity contribution in [2.45, 2.75) is 13.0 Å². The predicted molar refractivity (Wildman–Crippen MR) is 114 cm³/mol. The van der Waals surface area contributed by atoms with Gasteiger partial charge in [0, 0.05) is 0 Å². The summed E-state index contributed by atoms with van der Waals surface area (Å²) in [6.45, 7) is 6.02. The second-order valence-corrected chi connectivity index (χ2v) is 7.86. The first kappa shape index (κ1) is 20.8. The van der Waals surface area contributed by atoms with Crippen LogP contribution in [0.1, 0.15) is 18.5 Å². The summed E-state index contributed by atoms with van der Waals surface area (Å²) in [7, 11) is 1.69. The zero-order chi connectivity index (χ0) is 20.1. The second kappa shape index (κ2) is 9.50. The smallest absolute Gasteiger partial charge is 0.275 e. The van der Waals surface area contributed by atoms with E-state index < -0.39 is 0 Å². The van der Waals surface area contributed by atoms with Gasteiger partial charge in [-0.3, -0.25) is 4.79 Å². The van der Waals surface area contributed by atoms with Gasteiger partial charge in [-0.05, 0) is 36.8 Å². The number of amides is 1. The summed E-state index contributed by atoms with van der Waals surface area (Å²) in [5, 5.41) is 4.07. The maximum atomic E-state index is 12.5. The lowest BCUT2D eigenvalue weighted by atomic mass is 10.1. The van der Waals surface area contributed by atoms with Crippen molar-refractivity contribution in [2.75, 3.05) is 44.7 Å². The molecule has 1 amide bonds. The number of nitrogens with zero attached hydrogens (tertiary/aromatic N) is 1. The van der Waals surface area contributed by atoms with Crippen LogP contribution in [0.2, 0.25) is 10.0 Å². The monoisotopic (exact) mass is 422 g/mol. The number of halogens is 2. The van der Waals surface area contributed by atoms with Crippen LogP contribution >= 0.6 is 23.2 Å². The van der Waals surface area contributed by atoms with Gasteiger partial charge >= 0.3 is 0 Å². The lowest BCUT2D eigenvalue weighted by Crippen LogP contribution is -3.15. The Balaban J connectivity index is 1.50. The van der Waals surface area contributed by atoms with Crippen molar-refractivity contribution in [1.82, 2.24) is 5.32 Å². The van der Waals surface area contributed by atoms with Crippen LogP contribution in [0.15, 0.2) is 42.5 Å². The van der Waals surface area contributed by atoms with Gasteiger partial charge in [-0.1, -0.05) is 41.4 Å². The molecule has 0 saturated carbocycles. The fraction of sp³-hybridized carbons (Fsp3) is 0.381. The third-order valence-corrected chi connectivity index (χ3v) is 5.87. The van der Waals surface area contributed by atoms with Crippen molar-refractivity contribution in [2.24, 2.45) is 0 Å². The molecule has 28 heavy (non-hydrogen) atoms. The summed E-state index contributed by atoms with van der Waals surface area (Å²) >= 11 is 12.0. The molecule has 0 aliphatic carbocycles. The van der Waals surface area contributed by atoms with Crippen LogP contribution in [-0.2, 0) is 4.79 Å². The minimum atomic E-state index is -0.114. The highest BCUT2D eigenvalue weighted by Gasteiger charge is 2.24. The summed E-state index contributed by atoms with van der Waals surface area (Å²) in [5.74, 6) is 0.929. The molecule has 0 aromatic heterocycles. The third-order valence-electron chi connectivity index (χ3n) is 5.13. The van der Waals surface area contributed by atoms with Crippen molar-refractivity contribution in [3.8, 4) is 5.75 Å². The first-order valence-electron chi connectivity index (χ1n) is 9.43. The quantitative estimate of drug-likeness (QED) is 0.751.